The summed E-state index contributed by atoms with van der Waals surface area (Å²) in [6.45, 7) is 1.96. The van der Waals surface area contributed by atoms with Crippen molar-refractivity contribution in [3.63, 3.8) is 0 Å². The van der Waals surface area contributed by atoms with Gasteiger partial charge in [-0.2, -0.15) is 0 Å². The lowest BCUT2D eigenvalue weighted by Crippen LogP contribution is -2.28. The predicted octanol–water partition coefficient (Wildman–Crippen LogP) is 4.38. The molecule has 0 aliphatic heterocycles. The summed E-state index contributed by atoms with van der Waals surface area (Å²) in [6, 6.07) is 12.3. The highest BCUT2D eigenvalue weighted by molar-refractivity contribution is 6.32. The van der Waals surface area contributed by atoms with Crippen LogP contribution < -0.4 is 5.32 Å². The van der Waals surface area contributed by atoms with Crippen LogP contribution in [0.4, 0.5) is 4.79 Å². The van der Waals surface area contributed by atoms with E-state index in [1.165, 1.54) is 0 Å². The minimum Gasteiger partial charge on any atom is -0.445 e. The zero-order valence-corrected chi connectivity index (χ0v) is 12.9. The van der Waals surface area contributed by atoms with Crippen LogP contribution in [0.1, 0.15) is 24.2 Å². The highest BCUT2D eigenvalue weighted by atomic mass is 35.5. The van der Waals surface area contributed by atoms with Gasteiger partial charge in [-0.25, -0.2) is 9.78 Å². The lowest BCUT2D eigenvalue weighted by molar-refractivity contribution is 0.136. The molecule has 21 heavy (non-hydrogen) atoms. The smallest absolute Gasteiger partial charge is 0.407 e. The second-order valence-electron chi connectivity index (χ2n) is 4.43. The van der Waals surface area contributed by atoms with Gasteiger partial charge in [0.1, 0.15) is 11.8 Å². The standard InChI is InChI=1S/C15H14Cl2N2O2/c1-10(14-12(16)7-8-13(17)19-14)18-15(20)21-9-11-5-3-2-4-6-11/h2-8,10H,9H2,1H3,(H,18,20). The van der Waals surface area contributed by atoms with Crippen LogP contribution in [-0.4, -0.2) is 11.1 Å². The van der Waals surface area contributed by atoms with Gasteiger partial charge in [-0.3, -0.25) is 0 Å². The summed E-state index contributed by atoms with van der Waals surface area (Å²) in [5, 5.41) is 3.43. The average molecular weight is 325 g/mol. The van der Waals surface area contributed by atoms with Crippen LogP contribution in [0.2, 0.25) is 10.2 Å². The molecule has 2 rings (SSSR count). The van der Waals surface area contributed by atoms with E-state index in [4.69, 9.17) is 27.9 Å². The van der Waals surface area contributed by atoms with Crippen molar-refractivity contribution in [3.05, 3.63) is 63.9 Å². The Balaban J connectivity index is 1.91. The van der Waals surface area contributed by atoms with Crippen LogP contribution in [0.3, 0.4) is 0 Å². The number of carbonyl (C=O) groups excluding carboxylic acids is 1. The first-order chi connectivity index (χ1) is 10.1. The lowest BCUT2D eigenvalue weighted by Gasteiger charge is -2.15. The molecule has 1 atom stereocenters. The molecule has 1 heterocycles. The summed E-state index contributed by atoms with van der Waals surface area (Å²) in [4.78, 5) is 15.9. The van der Waals surface area contributed by atoms with E-state index in [0.717, 1.165) is 5.56 Å². The Labute approximate surface area is 133 Å². The summed E-state index contributed by atoms with van der Waals surface area (Å²) in [5.41, 5.74) is 1.42. The van der Waals surface area contributed by atoms with Gasteiger partial charge >= 0.3 is 6.09 Å². The fourth-order valence-corrected chi connectivity index (χ4v) is 2.17. The number of hydrogen-bond donors (Lipinski definition) is 1. The lowest BCUT2D eigenvalue weighted by atomic mass is 10.2. The number of hydrogen-bond acceptors (Lipinski definition) is 3. The zero-order valence-electron chi connectivity index (χ0n) is 11.3. The van der Waals surface area contributed by atoms with Crippen LogP contribution in [0.25, 0.3) is 0 Å². The molecule has 1 aromatic heterocycles. The van der Waals surface area contributed by atoms with Gasteiger partial charge in [0.2, 0.25) is 0 Å². The molecular formula is C15H14Cl2N2O2. The molecule has 0 spiro atoms. The van der Waals surface area contributed by atoms with Gasteiger partial charge in [0.05, 0.1) is 16.8 Å². The van der Waals surface area contributed by atoms with Crippen LogP contribution in [0.5, 0.6) is 0 Å². The Morgan fingerprint density at radius 1 is 1.24 bits per heavy atom. The number of rotatable bonds is 4. The third kappa shape index (κ3) is 4.62. The normalized spacial score (nSPS) is 11.8. The topological polar surface area (TPSA) is 51.2 Å². The molecule has 0 aliphatic carbocycles. The van der Waals surface area contributed by atoms with Gasteiger partial charge in [-0.15, -0.1) is 0 Å². The number of halogens is 2. The molecule has 0 bridgehead atoms. The number of carbonyl (C=O) groups is 1. The molecule has 2 aromatic rings. The average Bonchev–Trinajstić information content (AvgIpc) is 2.48. The molecule has 0 aliphatic rings. The molecule has 6 heteroatoms. The van der Waals surface area contributed by atoms with Crippen molar-refractivity contribution in [2.45, 2.75) is 19.6 Å². The van der Waals surface area contributed by atoms with Crippen molar-refractivity contribution in [3.8, 4) is 0 Å². The van der Waals surface area contributed by atoms with Crippen LogP contribution in [0, 0.1) is 0 Å². The Hall–Kier alpha value is -1.78. The van der Waals surface area contributed by atoms with E-state index in [1.807, 2.05) is 30.3 Å². The van der Waals surface area contributed by atoms with Crippen LogP contribution in [0.15, 0.2) is 42.5 Å². The Bertz CT molecular complexity index is 620. The number of nitrogens with one attached hydrogen (secondary N) is 1. The quantitative estimate of drug-likeness (QED) is 0.849. The maximum Gasteiger partial charge on any atom is 0.407 e. The first-order valence-corrected chi connectivity index (χ1v) is 7.11. The number of benzene rings is 1. The van der Waals surface area contributed by atoms with E-state index in [9.17, 15) is 4.79 Å². The van der Waals surface area contributed by atoms with E-state index < -0.39 is 12.1 Å². The van der Waals surface area contributed by atoms with Gasteiger partial charge in [0, 0.05) is 0 Å². The maximum atomic E-state index is 11.8. The monoisotopic (exact) mass is 324 g/mol. The van der Waals surface area contributed by atoms with Gasteiger partial charge in [-0.1, -0.05) is 53.5 Å². The second kappa shape index (κ2) is 7.29. The molecule has 4 nitrogen and oxygen atoms in total. The van der Waals surface area contributed by atoms with E-state index in [2.05, 4.69) is 10.3 Å². The predicted molar refractivity (Wildman–Crippen MR) is 82.4 cm³/mol. The van der Waals surface area contributed by atoms with Gasteiger partial charge < -0.3 is 10.1 Å². The number of ether oxygens (including phenoxy) is 1. The molecule has 0 radical (unpaired) electrons. The SMILES string of the molecule is CC(NC(=O)OCc1ccccc1)c1nc(Cl)ccc1Cl. The Kier molecular flexibility index (Phi) is 5.42. The van der Waals surface area contributed by atoms with Crippen LogP contribution in [-0.2, 0) is 11.3 Å². The minimum absolute atomic E-state index is 0.204. The van der Waals surface area contributed by atoms with Crippen molar-refractivity contribution < 1.29 is 9.53 Å². The van der Waals surface area contributed by atoms with E-state index >= 15 is 0 Å². The number of amides is 1. The van der Waals surface area contributed by atoms with Crippen molar-refractivity contribution in [1.82, 2.24) is 10.3 Å². The fourth-order valence-electron chi connectivity index (χ4n) is 1.75. The molecular weight excluding hydrogens is 311 g/mol. The van der Waals surface area contributed by atoms with Crippen molar-refractivity contribution in [1.29, 1.82) is 0 Å². The summed E-state index contributed by atoms with van der Waals surface area (Å²) < 4.78 is 5.14. The summed E-state index contributed by atoms with van der Waals surface area (Å²) in [5.74, 6) is 0. The summed E-state index contributed by atoms with van der Waals surface area (Å²) in [6.07, 6.45) is -0.538. The molecule has 0 fully saturated rings. The maximum absolute atomic E-state index is 11.8. The Morgan fingerprint density at radius 2 is 1.95 bits per heavy atom. The van der Waals surface area contributed by atoms with Gasteiger partial charge in [-0.05, 0) is 24.6 Å². The van der Waals surface area contributed by atoms with Crippen molar-refractivity contribution in [2.24, 2.45) is 0 Å². The molecule has 1 N–H and O–H groups in total. The number of pyridine rings is 1. The van der Waals surface area contributed by atoms with Gasteiger partial charge in [0.25, 0.3) is 0 Å². The van der Waals surface area contributed by atoms with Gasteiger partial charge in [0.15, 0.2) is 0 Å². The third-order valence-electron chi connectivity index (χ3n) is 2.80. The molecule has 1 aromatic carbocycles. The molecule has 0 saturated carbocycles. The molecule has 0 saturated heterocycles. The summed E-state index contributed by atoms with van der Waals surface area (Å²) in [7, 11) is 0. The van der Waals surface area contributed by atoms with E-state index in [0.29, 0.717) is 15.9 Å². The number of aromatic nitrogens is 1. The number of alkyl carbamates (subject to hydrolysis) is 1. The molecule has 1 amide bonds. The number of nitrogens with zero attached hydrogens (tertiary/aromatic N) is 1. The first kappa shape index (κ1) is 15.6. The second-order valence-corrected chi connectivity index (χ2v) is 5.22. The highest BCUT2D eigenvalue weighted by Crippen LogP contribution is 2.22. The van der Waals surface area contributed by atoms with Crippen LogP contribution >= 0.6 is 23.2 Å². The minimum atomic E-state index is -0.538. The first-order valence-electron chi connectivity index (χ1n) is 6.35. The zero-order chi connectivity index (χ0) is 15.2. The third-order valence-corrected chi connectivity index (χ3v) is 3.33. The van der Waals surface area contributed by atoms with E-state index in [1.54, 1.807) is 19.1 Å². The fraction of sp³-hybridized carbons (Fsp3) is 0.200. The van der Waals surface area contributed by atoms with Crippen molar-refractivity contribution in [2.75, 3.05) is 0 Å². The van der Waals surface area contributed by atoms with E-state index in [-0.39, 0.29) is 6.61 Å². The molecule has 1 unspecified atom stereocenters. The van der Waals surface area contributed by atoms with Crippen molar-refractivity contribution >= 4 is 29.3 Å². The summed E-state index contributed by atoms with van der Waals surface area (Å²) >= 11 is 11.9. The Morgan fingerprint density at radius 3 is 2.67 bits per heavy atom. The highest BCUT2D eigenvalue weighted by Gasteiger charge is 2.15. The largest absolute Gasteiger partial charge is 0.445 e. The molecule has 110 valence electrons.